The van der Waals surface area contributed by atoms with E-state index in [1.165, 1.54) is 64.2 Å². The molecule has 0 bridgehead atoms. The summed E-state index contributed by atoms with van der Waals surface area (Å²) in [7, 11) is -0.487. The lowest BCUT2D eigenvalue weighted by Gasteiger charge is -2.16. The van der Waals surface area contributed by atoms with Crippen LogP contribution in [0, 0.1) is 0 Å². The van der Waals surface area contributed by atoms with Crippen LogP contribution in [0.15, 0.2) is 0 Å². The van der Waals surface area contributed by atoms with Crippen LogP contribution in [0.4, 0.5) is 0 Å². The molecule has 0 fully saturated rings. The Morgan fingerprint density at radius 3 is 1.65 bits per heavy atom. The van der Waals surface area contributed by atoms with Gasteiger partial charge in [-0.05, 0) is 25.0 Å². The monoisotopic (exact) mass is 520 g/mol. The second-order valence-electron chi connectivity index (χ2n) is 9.05. The lowest BCUT2D eigenvalue weighted by molar-refractivity contribution is -0.160. The molecule has 0 aromatic heterocycles. The Bertz CT molecular complexity index is 492. The summed E-state index contributed by atoms with van der Waals surface area (Å²) in [4.78, 5) is 24.0. The maximum Gasteiger partial charge on any atom is 0.327 e. The van der Waals surface area contributed by atoms with Crippen LogP contribution in [-0.2, 0) is 28.2 Å². The first-order chi connectivity index (χ1) is 16.6. The summed E-state index contributed by atoms with van der Waals surface area (Å²) in [6, 6.07) is 0. The van der Waals surface area contributed by atoms with E-state index >= 15 is 0 Å². The van der Waals surface area contributed by atoms with Gasteiger partial charge in [-0.1, -0.05) is 96.8 Å². The first-order valence-electron chi connectivity index (χ1n) is 13.5. The molecule has 0 aromatic rings. The van der Waals surface area contributed by atoms with Crippen LogP contribution in [0.2, 0.25) is 0 Å². The quantitative estimate of drug-likeness (QED) is 0.0538. The second-order valence-corrected chi connectivity index (χ2v) is 9.90. The normalized spacial score (nSPS) is 12.1. The average molecular weight is 521 g/mol. The van der Waals surface area contributed by atoms with Crippen molar-refractivity contribution in [2.75, 3.05) is 19.0 Å². The third kappa shape index (κ3) is 24.5. The van der Waals surface area contributed by atoms with Gasteiger partial charge in [-0.3, -0.25) is 14.1 Å². The van der Waals surface area contributed by atoms with Crippen molar-refractivity contribution in [2.24, 2.45) is 0 Å². The molecule has 6 nitrogen and oxygen atoms in total. The molecular weight excluding hydrogens is 471 g/mol. The highest BCUT2D eigenvalue weighted by Gasteiger charge is 2.17. The first-order valence-corrected chi connectivity index (χ1v) is 14.9. The fourth-order valence-corrected chi connectivity index (χ4v) is 4.21. The van der Waals surface area contributed by atoms with Crippen molar-refractivity contribution in [1.29, 1.82) is 0 Å². The van der Waals surface area contributed by atoms with Crippen LogP contribution in [0.3, 0.4) is 0 Å². The molecule has 0 rings (SSSR count). The molecule has 200 valence electrons. The van der Waals surface area contributed by atoms with E-state index in [2.05, 4.69) is 19.6 Å². The Hall–Kier alpha value is -0.650. The van der Waals surface area contributed by atoms with Crippen LogP contribution >= 0.6 is 21.3 Å². The van der Waals surface area contributed by atoms with E-state index in [0.29, 0.717) is 12.8 Å². The van der Waals surface area contributed by atoms with Gasteiger partial charge in [0.05, 0.1) is 0 Å². The van der Waals surface area contributed by atoms with Gasteiger partial charge in [-0.25, -0.2) is 4.57 Å². The van der Waals surface area contributed by atoms with E-state index in [1.807, 2.05) is 0 Å². The highest BCUT2D eigenvalue weighted by atomic mass is 32.1. The molecule has 1 atom stereocenters. The third-order valence-corrected chi connectivity index (χ3v) is 6.39. The van der Waals surface area contributed by atoms with E-state index in [4.69, 9.17) is 14.0 Å². The summed E-state index contributed by atoms with van der Waals surface area (Å²) < 4.78 is 26.0. The molecule has 0 aliphatic heterocycles. The predicted molar refractivity (Wildman–Crippen MR) is 142 cm³/mol. The number of hydrogen-bond acceptors (Lipinski definition) is 7. The Labute approximate surface area is 215 Å². The van der Waals surface area contributed by atoms with E-state index in [-0.39, 0.29) is 25.2 Å². The molecule has 0 aliphatic rings. The van der Waals surface area contributed by atoms with E-state index in [1.54, 1.807) is 0 Å². The highest BCUT2D eigenvalue weighted by molar-refractivity contribution is 7.80. The molecule has 0 saturated heterocycles. The number of thiol groups is 1. The molecule has 0 amide bonds. The molecule has 8 heteroatoms. The van der Waals surface area contributed by atoms with Gasteiger partial charge in [0.1, 0.15) is 13.2 Å². The van der Waals surface area contributed by atoms with E-state index in [0.717, 1.165) is 50.7 Å². The topological polar surface area (TPSA) is 78.9 Å². The number of unbranched alkanes of at least 4 members (excludes halogenated alkanes) is 15. The summed E-state index contributed by atoms with van der Waals surface area (Å²) in [5.74, 6) is 0.375. The Morgan fingerprint density at radius 1 is 0.676 bits per heavy atom. The minimum absolute atomic E-state index is 0.0600. The van der Waals surface area contributed by atoms with Gasteiger partial charge in [-0.2, -0.15) is 12.6 Å². The minimum atomic E-state index is -0.725. The lowest BCUT2D eigenvalue weighted by Crippen LogP contribution is -2.28. The lowest BCUT2D eigenvalue weighted by atomic mass is 10.0. The molecular formula is C26H49O6PS. The number of carbonyl (C=O) groups excluding carboxylic acids is 2. The molecule has 0 heterocycles. The molecule has 34 heavy (non-hydrogen) atoms. The summed E-state index contributed by atoms with van der Waals surface area (Å²) in [5.41, 5.74) is 0. The van der Waals surface area contributed by atoms with Gasteiger partial charge in [0, 0.05) is 12.8 Å². The second kappa shape index (κ2) is 26.9. The summed E-state index contributed by atoms with van der Waals surface area (Å²) in [5, 5.41) is 0. The smallest absolute Gasteiger partial charge is 0.327 e. The van der Waals surface area contributed by atoms with Crippen molar-refractivity contribution in [3.05, 3.63) is 0 Å². The largest absolute Gasteiger partial charge is 0.462 e. The zero-order valence-corrected chi connectivity index (χ0v) is 23.3. The summed E-state index contributed by atoms with van der Waals surface area (Å²) in [6.07, 6.45) is 19.8. The van der Waals surface area contributed by atoms with Crippen molar-refractivity contribution in [2.45, 2.75) is 135 Å². The number of carbonyl (C=O) groups is 2. The van der Waals surface area contributed by atoms with Gasteiger partial charge in [-0.15, -0.1) is 0 Å². The predicted octanol–water partition coefficient (Wildman–Crippen LogP) is 8.03. The zero-order chi connectivity index (χ0) is 25.1. The van der Waals surface area contributed by atoms with Crippen molar-refractivity contribution in [1.82, 2.24) is 0 Å². The summed E-state index contributed by atoms with van der Waals surface area (Å²) >= 11 is 4.24. The van der Waals surface area contributed by atoms with Crippen molar-refractivity contribution < 1.29 is 28.2 Å². The fraction of sp³-hybridized carbons (Fsp3) is 0.923. The van der Waals surface area contributed by atoms with Crippen LogP contribution in [0.5, 0.6) is 0 Å². The highest BCUT2D eigenvalue weighted by Crippen LogP contribution is 2.13. The Balaban J connectivity index is 3.75. The van der Waals surface area contributed by atoms with Gasteiger partial charge in [0.15, 0.2) is 6.10 Å². The van der Waals surface area contributed by atoms with Crippen molar-refractivity contribution in [3.8, 4) is 0 Å². The van der Waals surface area contributed by atoms with Crippen molar-refractivity contribution >= 4 is 33.3 Å². The van der Waals surface area contributed by atoms with Gasteiger partial charge < -0.3 is 9.47 Å². The standard InChI is InChI=1S/C26H49O6PS/c1-2-3-4-13-17-20-26(28)32-24(23-31-33-29)22-30-25(27)19-16-14-11-9-7-5-6-8-10-12-15-18-21-34/h24,34H,2-23H2,1H3/t24-/m0/s1. The molecule has 0 aliphatic carbocycles. The molecule has 0 aromatic carbocycles. The number of rotatable bonds is 26. The van der Waals surface area contributed by atoms with Crippen LogP contribution in [-0.4, -0.2) is 37.0 Å². The minimum Gasteiger partial charge on any atom is -0.462 e. The number of esters is 2. The molecule has 0 saturated carbocycles. The van der Waals surface area contributed by atoms with Gasteiger partial charge in [0.25, 0.3) is 0 Å². The molecule has 0 N–H and O–H groups in total. The Kier molecular flexibility index (Phi) is 26.4. The fourth-order valence-electron chi connectivity index (χ4n) is 3.75. The van der Waals surface area contributed by atoms with Crippen molar-refractivity contribution in [3.63, 3.8) is 0 Å². The van der Waals surface area contributed by atoms with Gasteiger partial charge >= 0.3 is 20.6 Å². The maximum absolute atomic E-state index is 12.0. The molecule has 0 unspecified atom stereocenters. The Morgan fingerprint density at radius 2 is 1.15 bits per heavy atom. The maximum atomic E-state index is 12.0. The van der Waals surface area contributed by atoms with Crippen LogP contribution in [0.25, 0.3) is 0 Å². The molecule has 0 radical (unpaired) electrons. The van der Waals surface area contributed by atoms with Crippen LogP contribution < -0.4 is 0 Å². The van der Waals surface area contributed by atoms with Crippen LogP contribution in [0.1, 0.15) is 129 Å². The number of ether oxygens (including phenoxy) is 2. The molecule has 0 spiro atoms. The first kappa shape index (κ1) is 33.4. The number of hydrogen-bond donors (Lipinski definition) is 1. The van der Waals surface area contributed by atoms with E-state index in [9.17, 15) is 14.2 Å². The third-order valence-electron chi connectivity index (χ3n) is 5.81. The zero-order valence-electron chi connectivity index (χ0n) is 21.5. The van der Waals surface area contributed by atoms with Gasteiger partial charge in [0.2, 0.25) is 0 Å². The average Bonchev–Trinajstić information content (AvgIpc) is 2.83. The SMILES string of the molecule is CCCCCCCC(=O)O[C@H](COP=O)COC(=O)CCCCCCCCCCCCCCS. The summed E-state index contributed by atoms with van der Waals surface area (Å²) in [6.45, 7) is 2.02. The van der Waals surface area contributed by atoms with E-state index < -0.39 is 14.8 Å².